The Balaban J connectivity index is 1.51. The summed E-state index contributed by atoms with van der Waals surface area (Å²) in [6.07, 6.45) is -3.96. The molecule has 0 bridgehead atoms. The Labute approximate surface area is 246 Å². The van der Waals surface area contributed by atoms with Gasteiger partial charge in [-0.05, 0) is 79.0 Å². The van der Waals surface area contributed by atoms with Gasteiger partial charge in [0.05, 0.1) is 5.69 Å². The fourth-order valence-corrected chi connectivity index (χ4v) is 5.26. The van der Waals surface area contributed by atoms with Crippen LogP contribution in [0, 0.1) is 0 Å². The molecule has 3 aromatic carbocycles. The maximum Gasteiger partial charge on any atom is 0.435 e. The average molecular weight is 615 g/mol. The van der Waals surface area contributed by atoms with Crippen LogP contribution in [0.3, 0.4) is 0 Å². The van der Waals surface area contributed by atoms with E-state index < -0.39 is 34.8 Å². The lowest BCUT2D eigenvalue weighted by molar-refractivity contribution is -0.141. The number of alkyl halides is 3. The predicted molar refractivity (Wildman–Crippen MR) is 153 cm³/mol. The Morgan fingerprint density at radius 2 is 1.61 bits per heavy atom. The summed E-state index contributed by atoms with van der Waals surface area (Å²) in [7, 11) is 1.35. The van der Waals surface area contributed by atoms with Crippen LogP contribution in [0.1, 0.15) is 11.3 Å². The highest BCUT2D eigenvalue weighted by molar-refractivity contribution is 7.99. The van der Waals surface area contributed by atoms with E-state index in [4.69, 9.17) is 28.6 Å². The third-order valence-corrected chi connectivity index (χ3v) is 7.51. The van der Waals surface area contributed by atoms with Crippen LogP contribution < -0.4 is 15.0 Å². The number of ether oxygens (including phenoxy) is 1. The van der Waals surface area contributed by atoms with Gasteiger partial charge in [-0.3, -0.25) is 24.5 Å². The molecule has 0 spiro atoms. The summed E-state index contributed by atoms with van der Waals surface area (Å²) >= 11 is 12.1. The molecule has 0 atom stereocenters. The van der Waals surface area contributed by atoms with Gasteiger partial charge in [0, 0.05) is 22.5 Å². The third-order valence-electron chi connectivity index (χ3n) is 5.79. The molecule has 41 heavy (non-hydrogen) atoms. The van der Waals surface area contributed by atoms with E-state index >= 15 is 0 Å². The number of carbonyl (C=O) groups is 2. The molecule has 0 aliphatic carbocycles. The molecule has 2 amide bonds. The fraction of sp³-hybridized carbons (Fsp3) is 0.0714. The largest absolute Gasteiger partial charge is 0.457 e. The molecule has 0 radical (unpaired) electrons. The molecule has 4 aromatic rings. The predicted octanol–water partition coefficient (Wildman–Crippen LogP) is 6.87. The summed E-state index contributed by atoms with van der Waals surface area (Å²) in [5, 5.41) is 6.35. The molecule has 2 heterocycles. The van der Waals surface area contributed by atoms with Crippen molar-refractivity contribution in [2.45, 2.75) is 16.1 Å². The number of hydrogen-bond donors (Lipinski definition) is 1. The van der Waals surface area contributed by atoms with Gasteiger partial charge in [-0.1, -0.05) is 41.6 Å². The van der Waals surface area contributed by atoms with Crippen molar-refractivity contribution >= 4 is 64.3 Å². The van der Waals surface area contributed by atoms with Gasteiger partial charge in [-0.15, -0.1) is 0 Å². The molecular formula is C28H18ClF3N4O3S2. The zero-order valence-electron chi connectivity index (χ0n) is 21.0. The lowest BCUT2D eigenvalue weighted by Gasteiger charge is -2.29. The number of benzene rings is 3. The Morgan fingerprint density at radius 3 is 2.24 bits per heavy atom. The minimum absolute atomic E-state index is 0.0647. The van der Waals surface area contributed by atoms with Gasteiger partial charge in [-0.2, -0.15) is 18.3 Å². The number of carbonyl (C=O) groups excluding carboxylic acids is 2. The SMILES string of the molecule is Cn1nc(C(F)(F)F)c(/C=C2\C(=O)NC(=S)N(c3ccc(Oc4ccccc4)cc3)C2=O)c1Sc1ccc(Cl)cc1. The van der Waals surface area contributed by atoms with Gasteiger partial charge in [-0.25, -0.2) is 0 Å². The van der Waals surface area contributed by atoms with Gasteiger partial charge < -0.3 is 4.74 Å². The van der Waals surface area contributed by atoms with Gasteiger partial charge in [0.1, 0.15) is 22.1 Å². The number of para-hydroxylation sites is 1. The number of nitrogens with one attached hydrogen (secondary N) is 1. The van der Waals surface area contributed by atoms with Crippen LogP contribution in [-0.2, 0) is 22.8 Å². The number of halogens is 4. The highest BCUT2D eigenvalue weighted by Crippen LogP contribution is 2.40. The van der Waals surface area contributed by atoms with Crippen LogP contribution in [0.15, 0.2) is 94.4 Å². The van der Waals surface area contributed by atoms with Crippen LogP contribution in [-0.4, -0.2) is 26.7 Å². The van der Waals surface area contributed by atoms with Crippen LogP contribution in [0.2, 0.25) is 5.02 Å². The number of aryl methyl sites for hydroxylation is 1. The second kappa shape index (κ2) is 11.4. The first-order valence-corrected chi connectivity index (χ1v) is 13.4. The molecule has 208 valence electrons. The molecule has 0 unspecified atom stereocenters. The van der Waals surface area contributed by atoms with Crippen LogP contribution in [0.5, 0.6) is 11.5 Å². The second-order valence-corrected chi connectivity index (χ2v) is 10.5. The first kappa shape index (κ1) is 28.4. The van der Waals surface area contributed by atoms with Crippen LogP contribution >= 0.6 is 35.6 Å². The summed E-state index contributed by atoms with van der Waals surface area (Å²) in [6, 6.07) is 21.8. The summed E-state index contributed by atoms with van der Waals surface area (Å²) in [4.78, 5) is 28.0. The number of anilines is 1. The van der Waals surface area contributed by atoms with Crippen molar-refractivity contribution in [1.29, 1.82) is 0 Å². The number of rotatable bonds is 6. The van der Waals surface area contributed by atoms with E-state index in [2.05, 4.69) is 10.4 Å². The monoisotopic (exact) mass is 614 g/mol. The minimum Gasteiger partial charge on any atom is -0.457 e. The molecule has 5 rings (SSSR count). The maximum atomic E-state index is 14.0. The van der Waals surface area contributed by atoms with Gasteiger partial charge in [0.15, 0.2) is 10.8 Å². The molecule has 1 fully saturated rings. The molecule has 1 aromatic heterocycles. The highest BCUT2D eigenvalue weighted by Gasteiger charge is 2.41. The summed E-state index contributed by atoms with van der Waals surface area (Å²) in [6.45, 7) is 0. The van der Waals surface area contributed by atoms with Crippen molar-refractivity contribution in [3.05, 3.63) is 101 Å². The van der Waals surface area contributed by atoms with Crippen molar-refractivity contribution in [2.24, 2.45) is 7.05 Å². The zero-order chi connectivity index (χ0) is 29.3. The standard InChI is InChI=1S/C28H18ClF3N4O3S2/c1-35-26(41-20-13-7-16(29)8-14-20)21(23(34-35)28(30,31)32)15-22-24(37)33-27(40)36(25(22)38)17-9-11-19(12-10-17)39-18-5-3-2-4-6-18/h2-15H,1H3,(H,33,37,40)/b22-15+. The zero-order valence-corrected chi connectivity index (χ0v) is 23.4. The summed E-state index contributed by atoms with van der Waals surface area (Å²) in [5.74, 6) is -0.745. The first-order chi connectivity index (χ1) is 19.5. The van der Waals surface area contributed by atoms with E-state index in [0.29, 0.717) is 21.4 Å². The van der Waals surface area contributed by atoms with Crippen molar-refractivity contribution in [3.63, 3.8) is 0 Å². The lowest BCUT2D eigenvalue weighted by Crippen LogP contribution is -2.54. The smallest absolute Gasteiger partial charge is 0.435 e. The van der Waals surface area contributed by atoms with Crippen LogP contribution in [0.25, 0.3) is 6.08 Å². The van der Waals surface area contributed by atoms with Crippen molar-refractivity contribution in [1.82, 2.24) is 15.1 Å². The maximum absolute atomic E-state index is 14.0. The van der Waals surface area contributed by atoms with E-state index in [-0.39, 0.29) is 15.8 Å². The first-order valence-electron chi connectivity index (χ1n) is 11.8. The number of amides is 2. The van der Waals surface area contributed by atoms with Crippen molar-refractivity contribution < 1.29 is 27.5 Å². The number of nitrogens with zero attached hydrogens (tertiary/aromatic N) is 3. The molecule has 1 N–H and O–H groups in total. The van der Waals surface area contributed by atoms with Crippen molar-refractivity contribution in [3.8, 4) is 11.5 Å². The van der Waals surface area contributed by atoms with Gasteiger partial charge >= 0.3 is 6.18 Å². The minimum atomic E-state index is -4.86. The molecule has 1 aliphatic heterocycles. The van der Waals surface area contributed by atoms with E-state index in [1.807, 2.05) is 18.2 Å². The number of thiocarbonyl (C=S) groups is 1. The van der Waals surface area contributed by atoms with Crippen molar-refractivity contribution in [2.75, 3.05) is 4.90 Å². The Morgan fingerprint density at radius 1 is 0.976 bits per heavy atom. The lowest BCUT2D eigenvalue weighted by atomic mass is 10.1. The van der Waals surface area contributed by atoms with Gasteiger partial charge in [0.25, 0.3) is 11.8 Å². The topological polar surface area (TPSA) is 76.5 Å². The average Bonchev–Trinajstić information content (AvgIpc) is 3.24. The highest BCUT2D eigenvalue weighted by atomic mass is 35.5. The Bertz CT molecular complexity index is 1670. The fourth-order valence-electron chi connectivity index (χ4n) is 3.92. The van der Waals surface area contributed by atoms with Gasteiger partial charge in [0.2, 0.25) is 0 Å². The molecule has 1 saturated heterocycles. The summed E-state index contributed by atoms with van der Waals surface area (Å²) < 4.78 is 48.9. The van der Waals surface area contributed by atoms with E-state index in [0.717, 1.165) is 27.4 Å². The number of aromatic nitrogens is 2. The quantitative estimate of drug-likeness (QED) is 0.145. The molecular weight excluding hydrogens is 597 g/mol. The number of hydrogen-bond acceptors (Lipinski definition) is 6. The van der Waals surface area contributed by atoms with Crippen LogP contribution in [0.4, 0.5) is 18.9 Å². The van der Waals surface area contributed by atoms with E-state index in [1.54, 1.807) is 60.7 Å². The molecule has 0 saturated carbocycles. The Hall–Kier alpha value is -4.13. The normalized spacial score (nSPS) is 14.9. The van der Waals surface area contributed by atoms with E-state index in [1.165, 1.54) is 7.05 Å². The Kier molecular flexibility index (Phi) is 7.89. The molecule has 1 aliphatic rings. The van der Waals surface area contributed by atoms with E-state index in [9.17, 15) is 22.8 Å². The third kappa shape index (κ3) is 6.14. The second-order valence-electron chi connectivity index (χ2n) is 8.61. The molecule has 13 heteroatoms. The summed E-state index contributed by atoms with van der Waals surface area (Å²) in [5.41, 5.74) is -1.94. The molecule has 7 nitrogen and oxygen atoms in total.